The molecule has 27 heavy (non-hydrogen) atoms. The number of carbonyl (C=O) groups excluding carboxylic acids is 1. The van der Waals surface area contributed by atoms with E-state index in [2.05, 4.69) is 32.5 Å². The second-order valence-electron chi connectivity index (χ2n) is 6.28. The van der Waals surface area contributed by atoms with E-state index >= 15 is 0 Å². The molecule has 1 aromatic heterocycles. The first kappa shape index (κ1) is 19.2. The molecule has 0 radical (unpaired) electrons. The zero-order chi connectivity index (χ0) is 19.4. The zero-order valence-electron chi connectivity index (χ0n) is 15.6. The molecule has 2 heterocycles. The summed E-state index contributed by atoms with van der Waals surface area (Å²) in [5.41, 5.74) is 1.26. The van der Waals surface area contributed by atoms with E-state index in [0.29, 0.717) is 33.8 Å². The third-order valence-corrected chi connectivity index (χ3v) is 4.74. The Morgan fingerprint density at radius 1 is 1.26 bits per heavy atom. The first-order chi connectivity index (χ1) is 13.0. The highest BCUT2D eigenvalue weighted by Crippen LogP contribution is 2.29. The average Bonchev–Trinajstić information content (AvgIpc) is 2.69. The van der Waals surface area contributed by atoms with Gasteiger partial charge in [0, 0.05) is 38.8 Å². The zero-order valence-corrected chi connectivity index (χ0v) is 16.4. The summed E-state index contributed by atoms with van der Waals surface area (Å²) < 4.78 is 5.45. The van der Waals surface area contributed by atoms with Crippen LogP contribution >= 0.6 is 11.6 Å². The summed E-state index contributed by atoms with van der Waals surface area (Å²) in [6.07, 6.45) is 1.51. The Morgan fingerprint density at radius 3 is 2.67 bits per heavy atom. The molecule has 0 saturated carbocycles. The Kier molecular flexibility index (Phi) is 5.98. The van der Waals surface area contributed by atoms with Crippen molar-refractivity contribution in [2.45, 2.75) is 0 Å². The van der Waals surface area contributed by atoms with Crippen molar-refractivity contribution in [1.82, 2.24) is 19.8 Å². The number of ether oxygens (including phenoxy) is 1. The highest BCUT2D eigenvalue weighted by atomic mass is 35.5. The number of carbonyl (C=O) groups is 1. The molecule has 0 spiro atoms. The Hall–Kier alpha value is -2.58. The van der Waals surface area contributed by atoms with E-state index in [1.54, 1.807) is 32.4 Å². The first-order valence-corrected chi connectivity index (χ1v) is 9.02. The van der Waals surface area contributed by atoms with Crippen LogP contribution in [0.15, 0.2) is 24.4 Å². The number of aromatic nitrogens is 2. The van der Waals surface area contributed by atoms with Gasteiger partial charge in [-0.1, -0.05) is 11.6 Å². The van der Waals surface area contributed by atoms with Gasteiger partial charge >= 0.3 is 0 Å². The standard InChI is InChI=1S/C18H23ClN6O2/c1-20-16-13(19)11-21-18(23-16)22-14-5-4-12(10-15(14)27-3)17(26)25-8-6-24(2)7-9-25/h4-5,10-11H,6-9H2,1-3H3,(H2,20,21,22,23). The van der Waals surface area contributed by atoms with Crippen molar-refractivity contribution >= 4 is 35.0 Å². The largest absolute Gasteiger partial charge is 0.495 e. The Bertz CT molecular complexity index is 823. The van der Waals surface area contributed by atoms with Crippen LogP contribution in [-0.4, -0.2) is 73.1 Å². The number of halogens is 1. The van der Waals surface area contributed by atoms with Gasteiger partial charge in [-0.2, -0.15) is 4.98 Å². The predicted molar refractivity (Wildman–Crippen MR) is 106 cm³/mol. The third-order valence-electron chi connectivity index (χ3n) is 4.47. The van der Waals surface area contributed by atoms with E-state index in [9.17, 15) is 4.79 Å². The molecule has 9 heteroatoms. The van der Waals surface area contributed by atoms with E-state index in [0.717, 1.165) is 26.2 Å². The van der Waals surface area contributed by atoms with Gasteiger partial charge in [-0.25, -0.2) is 4.98 Å². The van der Waals surface area contributed by atoms with Gasteiger partial charge in [0.1, 0.15) is 16.6 Å². The smallest absolute Gasteiger partial charge is 0.254 e. The molecule has 1 aliphatic heterocycles. The summed E-state index contributed by atoms with van der Waals surface area (Å²) in [6, 6.07) is 5.30. The molecule has 2 aromatic rings. The fourth-order valence-electron chi connectivity index (χ4n) is 2.84. The fraction of sp³-hybridized carbons (Fsp3) is 0.389. The van der Waals surface area contributed by atoms with Crippen LogP contribution in [0.5, 0.6) is 5.75 Å². The van der Waals surface area contributed by atoms with E-state index in [-0.39, 0.29) is 5.91 Å². The van der Waals surface area contributed by atoms with Crippen LogP contribution in [0.2, 0.25) is 5.02 Å². The van der Waals surface area contributed by atoms with Crippen LogP contribution in [0.25, 0.3) is 0 Å². The predicted octanol–water partition coefficient (Wildman–Crippen LogP) is 2.31. The summed E-state index contributed by atoms with van der Waals surface area (Å²) in [6.45, 7) is 3.21. The molecule has 0 aliphatic carbocycles. The van der Waals surface area contributed by atoms with Gasteiger partial charge in [-0.3, -0.25) is 4.79 Å². The van der Waals surface area contributed by atoms with Gasteiger partial charge in [0.05, 0.1) is 19.0 Å². The molecule has 1 amide bonds. The summed E-state index contributed by atoms with van der Waals surface area (Å²) in [4.78, 5) is 25.3. The number of piperazine rings is 1. The molecule has 144 valence electrons. The maximum Gasteiger partial charge on any atom is 0.254 e. The second kappa shape index (κ2) is 8.41. The molecule has 1 saturated heterocycles. The van der Waals surface area contributed by atoms with Gasteiger partial charge in [0.25, 0.3) is 5.91 Å². The lowest BCUT2D eigenvalue weighted by Gasteiger charge is -2.32. The lowest BCUT2D eigenvalue weighted by molar-refractivity contribution is 0.0664. The first-order valence-electron chi connectivity index (χ1n) is 8.65. The maximum absolute atomic E-state index is 12.7. The summed E-state index contributed by atoms with van der Waals surface area (Å²) in [5, 5.41) is 6.44. The molecule has 2 N–H and O–H groups in total. The van der Waals surface area contributed by atoms with Crippen LogP contribution in [0, 0.1) is 0 Å². The van der Waals surface area contributed by atoms with E-state index < -0.39 is 0 Å². The Balaban J connectivity index is 1.79. The summed E-state index contributed by atoms with van der Waals surface area (Å²) >= 11 is 6.01. The average molecular weight is 391 g/mol. The number of nitrogens with zero attached hydrogens (tertiary/aromatic N) is 4. The molecule has 0 bridgehead atoms. The van der Waals surface area contributed by atoms with Crippen LogP contribution in [-0.2, 0) is 0 Å². The number of rotatable bonds is 5. The Morgan fingerprint density at radius 2 is 2.00 bits per heavy atom. The van der Waals surface area contributed by atoms with Gasteiger partial charge < -0.3 is 25.2 Å². The Labute approximate surface area is 163 Å². The number of anilines is 3. The molecule has 8 nitrogen and oxygen atoms in total. The number of benzene rings is 1. The van der Waals surface area contributed by atoms with Crippen LogP contribution in [0.3, 0.4) is 0 Å². The van der Waals surface area contributed by atoms with Crippen molar-refractivity contribution in [3.63, 3.8) is 0 Å². The molecule has 0 atom stereocenters. The quantitative estimate of drug-likeness (QED) is 0.810. The summed E-state index contributed by atoms with van der Waals surface area (Å²) in [7, 11) is 5.35. The van der Waals surface area contributed by atoms with Crippen molar-refractivity contribution in [2.24, 2.45) is 0 Å². The highest BCUT2D eigenvalue weighted by Gasteiger charge is 2.21. The minimum absolute atomic E-state index is 0.00756. The number of likely N-dealkylation sites (N-methyl/N-ethyl adjacent to an activating group) is 1. The van der Waals surface area contributed by atoms with Crippen molar-refractivity contribution in [1.29, 1.82) is 0 Å². The van der Waals surface area contributed by atoms with Crippen LogP contribution in [0.4, 0.5) is 17.5 Å². The molecular formula is C18H23ClN6O2. The van der Waals surface area contributed by atoms with E-state index in [1.807, 2.05) is 4.90 Å². The summed E-state index contributed by atoms with van der Waals surface area (Å²) in [5.74, 6) is 1.45. The molecule has 1 aromatic carbocycles. The molecule has 3 rings (SSSR count). The van der Waals surface area contributed by atoms with Crippen molar-refractivity contribution < 1.29 is 9.53 Å². The van der Waals surface area contributed by atoms with Gasteiger partial charge in [0.2, 0.25) is 5.95 Å². The molecule has 0 unspecified atom stereocenters. The molecular weight excluding hydrogens is 368 g/mol. The number of nitrogens with one attached hydrogen (secondary N) is 2. The minimum Gasteiger partial charge on any atom is -0.495 e. The molecule has 1 fully saturated rings. The monoisotopic (exact) mass is 390 g/mol. The highest BCUT2D eigenvalue weighted by molar-refractivity contribution is 6.32. The normalized spacial score (nSPS) is 14.7. The molecule has 1 aliphatic rings. The number of amides is 1. The number of hydrogen-bond donors (Lipinski definition) is 2. The number of hydrogen-bond acceptors (Lipinski definition) is 7. The SMILES string of the molecule is CNc1nc(Nc2ccc(C(=O)N3CCN(C)CC3)cc2OC)ncc1Cl. The van der Waals surface area contributed by atoms with Gasteiger partial charge in [-0.05, 0) is 25.2 Å². The van der Waals surface area contributed by atoms with Gasteiger partial charge in [-0.15, -0.1) is 0 Å². The number of methoxy groups -OCH3 is 1. The lowest BCUT2D eigenvalue weighted by Crippen LogP contribution is -2.47. The maximum atomic E-state index is 12.7. The van der Waals surface area contributed by atoms with Crippen molar-refractivity contribution in [2.75, 3.05) is 58.0 Å². The lowest BCUT2D eigenvalue weighted by atomic mass is 10.1. The third kappa shape index (κ3) is 4.40. The van der Waals surface area contributed by atoms with Crippen molar-refractivity contribution in [3.05, 3.63) is 35.0 Å². The van der Waals surface area contributed by atoms with Crippen LogP contribution in [0.1, 0.15) is 10.4 Å². The van der Waals surface area contributed by atoms with Crippen LogP contribution < -0.4 is 15.4 Å². The van der Waals surface area contributed by atoms with Gasteiger partial charge in [0.15, 0.2) is 0 Å². The fourth-order valence-corrected chi connectivity index (χ4v) is 3.03. The minimum atomic E-state index is 0.00756. The van der Waals surface area contributed by atoms with Crippen molar-refractivity contribution in [3.8, 4) is 5.75 Å². The second-order valence-corrected chi connectivity index (χ2v) is 6.68. The van der Waals surface area contributed by atoms with E-state index in [4.69, 9.17) is 16.3 Å². The van der Waals surface area contributed by atoms with E-state index in [1.165, 1.54) is 6.20 Å². The topological polar surface area (TPSA) is 82.6 Å².